The molecule has 0 spiro atoms. The van der Waals surface area contributed by atoms with Crippen LogP contribution in [-0.4, -0.2) is 53.5 Å². The van der Waals surface area contributed by atoms with E-state index in [0.29, 0.717) is 35.2 Å². The summed E-state index contributed by atoms with van der Waals surface area (Å²) in [6.45, 7) is 7.24. The van der Waals surface area contributed by atoms with E-state index >= 15 is 0 Å². The number of carbonyl (C=O) groups is 1. The minimum Gasteiger partial charge on any atom is -0.387 e. The van der Waals surface area contributed by atoms with E-state index in [0.717, 1.165) is 13.1 Å². The lowest BCUT2D eigenvalue weighted by atomic mass is 10.1. The second kappa shape index (κ2) is 7.64. The van der Waals surface area contributed by atoms with Crippen molar-refractivity contribution in [2.75, 3.05) is 32.7 Å². The highest BCUT2D eigenvalue weighted by Crippen LogP contribution is 2.27. The third kappa shape index (κ3) is 4.35. The predicted octanol–water partition coefficient (Wildman–Crippen LogP) is 2.83. The SMILES string of the molecule is CC(C)C(=O)N1CCN(C[C@H](O)c2cc(Cl)ccc2Cl)CC1. The molecule has 1 saturated heterocycles. The monoisotopic (exact) mass is 344 g/mol. The number of nitrogens with zero attached hydrogens (tertiary/aromatic N) is 2. The van der Waals surface area contributed by atoms with Crippen LogP contribution in [0.4, 0.5) is 0 Å². The highest BCUT2D eigenvalue weighted by atomic mass is 35.5. The molecule has 1 N–H and O–H groups in total. The van der Waals surface area contributed by atoms with Crippen molar-refractivity contribution in [2.24, 2.45) is 5.92 Å². The summed E-state index contributed by atoms with van der Waals surface area (Å²) in [6.07, 6.45) is -0.682. The Bertz CT molecular complexity index is 529. The molecule has 1 aromatic rings. The summed E-state index contributed by atoms with van der Waals surface area (Å²) in [4.78, 5) is 16.0. The standard InChI is InChI=1S/C16H22Cl2N2O2/c1-11(2)16(22)20-7-5-19(6-8-20)10-15(21)13-9-12(17)3-4-14(13)18/h3-4,9,11,15,21H,5-8,10H2,1-2H3/t15-/m0/s1. The van der Waals surface area contributed by atoms with Crippen molar-refractivity contribution >= 4 is 29.1 Å². The summed E-state index contributed by atoms with van der Waals surface area (Å²) >= 11 is 12.1. The number of piperazine rings is 1. The second-order valence-electron chi connectivity index (χ2n) is 5.96. The number of aliphatic hydroxyl groups is 1. The first-order valence-electron chi connectivity index (χ1n) is 7.52. The van der Waals surface area contributed by atoms with Crippen LogP contribution in [0.1, 0.15) is 25.5 Å². The fourth-order valence-electron chi connectivity index (χ4n) is 2.63. The maximum Gasteiger partial charge on any atom is 0.225 e. The first-order valence-corrected chi connectivity index (χ1v) is 8.28. The molecule has 0 saturated carbocycles. The van der Waals surface area contributed by atoms with Gasteiger partial charge in [0.2, 0.25) is 5.91 Å². The molecule has 1 fully saturated rings. The molecule has 1 heterocycles. The van der Waals surface area contributed by atoms with Gasteiger partial charge in [0.15, 0.2) is 0 Å². The lowest BCUT2D eigenvalue weighted by molar-refractivity contribution is -0.136. The van der Waals surface area contributed by atoms with Crippen LogP contribution >= 0.6 is 23.2 Å². The van der Waals surface area contributed by atoms with E-state index in [4.69, 9.17) is 23.2 Å². The first kappa shape index (κ1) is 17.5. The molecule has 1 aromatic carbocycles. The average molecular weight is 345 g/mol. The zero-order valence-corrected chi connectivity index (χ0v) is 14.4. The van der Waals surface area contributed by atoms with Gasteiger partial charge in [-0.3, -0.25) is 9.69 Å². The number of hydrogen-bond acceptors (Lipinski definition) is 3. The lowest BCUT2D eigenvalue weighted by Crippen LogP contribution is -2.50. The van der Waals surface area contributed by atoms with Gasteiger partial charge in [0.05, 0.1) is 6.10 Å². The molecule has 0 unspecified atom stereocenters. The first-order chi connectivity index (χ1) is 10.4. The lowest BCUT2D eigenvalue weighted by Gasteiger charge is -2.36. The van der Waals surface area contributed by atoms with Crippen LogP contribution in [0.3, 0.4) is 0 Å². The van der Waals surface area contributed by atoms with Crippen LogP contribution in [0.15, 0.2) is 18.2 Å². The van der Waals surface area contributed by atoms with Crippen LogP contribution in [0, 0.1) is 5.92 Å². The molecule has 1 aliphatic heterocycles. The molecule has 2 rings (SSSR count). The summed E-state index contributed by atoms with van der Waals surface area (Å²) in [5.41, 5.74) is 0.648. The third-order valence-corrected chi connectivity index (χ3v) is 4.51. The van der Waals surface area contributed by atoms with E-state index in [9.17, 15) is 9.90 Å². The van der Waals surface area contributed by atoms with Crippen LogP contribution in [0.2, 0.25) is 10.0 Å². The molecular weight excluding hydrogens is 323 g/mol. The zero-order valence-electron chi connectivity index (χ0n) is 12.9. The number of carbonyl (C=O) groups excluding carboxylic acids is 1. The number of hydrogen-bond donors (Lipinski definition) is 1. The smallest absolute Gasteiger partial charge is 0.225 e. The maximum atomic E-state index is 12.0. The Morgan fingerprint density at radius 2 is 1.86 bits per heavy atom. The molecule has 1 amide bonds. The predicted molar refractivity (Wildman–Crippen MR) is 89.3 cm³/mol. The van der Waals surface area contributed by atoms with Gasteiger partial charge in [0.1, 0.15) is 0 Å². The Kier molecular flexibility index (Phi) is 6.09. The number of β-amino-alcohol motifs (C(OH)–C–C–N with tert-alkyl or cyclic N) is 1. The molecule has 1 aliphatic rings. The molecule has 0 aromatic heterocycles. The van der Waals surface area contributed by atoms with Gasteiger partial charge in [0.25, 0.3) is 0 Å². The van der Waals surface area contributed by atoms with Gasteiger partial charge in [0, 0.05) is 54.3 Å². The van der Waals surface area contributed by atoms with Gasteiger partial charge in [-0.2, -0.15) is 0 Å². The molecule has 0 radical (unpaired) electrons. The molecule has 22 heavy (non-hydrogen) atoms. The average Bonchev–Trinajstić information content (AvgIpc) is 2.49. The van der Waals surface area contributed by atoms with E-state index < -0.39 is 6.10 Å². The summed E-state index contributed by atoms with van der Waals surface area (Å²) in [7, 11) is 0. The molecule has 1 atom stereocenters. The maximum absolute atomic E-state index is 12.0. The Labute approximate surface area is 141 Å². The van der Waals surface area contributed by atoms with Crippen molar-refractivity contribution in [1.29, 1.82) is 0 Å². The number of benzene rings is 1. The fourth-order valence-corrected chi connectivity index (χ4v) is 3.05. The summed E-state index contributed by atoms with van der Waals surface area (Å²) in [5, 5.41) is 11.5. The van der Waals surface area contributed by atoms with Gasteiger partial charge < -0.3 is 10.0 Å². The fraction of sp³-hybridized carbons (Fsp3) is 0.562. The van der Waals surface area contributed by atoms with Crippen molar-refractivity contribution in [3.05, 3.63) is 33.8 Å². The minimum atomic E-state index is -0.682. The zero-order chi connectivity index (χ0) is 16.3. The van der Waals surface area contributed by atoms with Crippen LogP contribution < -0.4 is 0 Å². The Morgan fingerprint density at radius 3 is 2.45 bits per heavy atom. The van der Waals surface area contributed by atoms with Crippen LogP contribution in [-0.2, 0) is 4.79 Å². The minimum absolute atomic E-state index is 0.0300. The molecule has 6 heteroatoms. The molecule has 4 nitrogen and oxygen atoms in total. The van der Waals surface area contributed by atoms with Gasteiger partial charge >= 0.3 is 0 Å². The van der Waals surface area contributed by atoms with E-state index in [-0.39, 0.29) is 11.8 Å². The second-order valence-corrected chi connectivity index (χ2v) is 6.81. The van der Waals surface area contributed by atoms with E-state index in [1.807, 2.05) is 18.7 Å². The van der Waals surface area contributed by atoms with Gasteiger partial charge in [-0.05, 0) is 18.2 Å². The van der Waals surface area contributed by atoms with Gasteiger partial charge in [-0.1, -0.05) is 37.0 Å². The summed E-state index contributed by atoms with van der Waals surface area (Å²) < 4.78 is 0. The Morgan fingerprint density at radius 1 is 1.23 bits per heavy atom. The number of amides is 1. The molecule has 0 aliphatic carbocycles. The quantitative estimate of drug-likeness (QED) is 0.913. The number of aliphatic hydroxyl groups excluding tert-OH is 1. The van der Waals surface area contributed by atoms with E-state index in [1.54, 1.807) is 18.2 Å². The molecule has 0 bridgehead atoms. The Hall–Kier alpha value is -0.810. The van der Waals surface area contributed by atoms with Crippen molar-refractivity contribution in [3.8, 4) is 0 Å². The number of halogens is 2. The van der Waals surface area contributed by atoms with Crippen LogP contribution in [0.5, 0.6) is 0 Å². The summed E-state index contributed by atoms with van der Waals surface area (Å²) in [5.74, 6) is 0.223. The van der Waals surface area contributed by atoms with Crippen molar-refractivity contribution in [2.45, 2.75) is 20.0 Å². The molecule has 122 valence electrons. The van der Waals surface area contributed by atoms with E-state index in [2.05, 4.69) is 4.90 Å². The van der Waals surface area contributed by atoms with Crippen molar-refractivity contribution in [3.63, 3.8) is 0 Å². The Balaban J connectivity index is 1.90. The topological polar surface area (TPSA) is 43.8 Å². The molecular formula is C16H22Cl2N2O2. The number of rotatable bonds is 4. The normalized spacial score (nSPS) is 17.8. The largest absolute Gasteiger partial charge is 0.387 e. The third-order valence-electron chi connectivity index (χ3n) is 3.93. The van der Waals surface area contributed by atoms with Gasteiger partial charge in [-0.25, -0.2) is 0 Å². The highest BCUT2D eigenvalue weighted by molar-refractivity contribution is 6.33. The van der Waals surface area contributed by atoms with E-state index in [1.165, 1.54) is 0 Å². The highest BCUT2D eigenvalue weighted by Gasteiger charge is 2.24. The van der Waals surface area contributed by atoms with Crippen LogP contribution in [0.25, 0.3) is 0 Å². The van der Waals surface area contributed by atoms with Crippen molar-refractivity contribution < 1.29 is 9.90 Å². The summed E-state index contributed by atoms with van der Waals surface area (Å²) in [6, 6.07) is 5.10. The van der Waals surface area contributed by atoms with Gasteiger partial charge in [-0.15, -0.1) is 0 Å². The van der Waals surface area contributed by atoms with Crippen molar-refractivity contribution in [1.82, 2.24) is 9.80 Å².